The Morgan fingerprint density at radius 3 is 2.65 bits per heavy atom. The maximum Gasteiger partial charge on any atom is 0.355 e. The minimum atomic E-state index is -0.594. The number of hydrogen-bond donors (Lipinski definition) is 2. The molecule has 9 nitrogen and oxygen atoms in total. The number of amides is 1. The van der Waals surface area contributed by atoms with Crippen molar-refractivity contribution in [2.24, 2.45) is 0 Å². The summed E-state index contributed by atoms with van der Waals surface area (Å²) in [5, 5.41) is 12.4. The molecule has 1 aromatic heterocycles. The molecular weight excluding hydrogens is 443 g/mol. The lowest BCUT2D eigenvalue weighted by atomic mass is 10.00. The third kappa shape index (κ3) is 4.37. The van der Waals surface area contributed by atoms with Gasteiger partial charge in [-0.05, 0) is 35.7 Å². The standard InChI is InChI=1S/C20H16Cl2N6O3/c21-14-5-6-15(16(22)9-14)20(29)26-25-18-17(28(30)31)19(24-11-23-18)27-8-7-12-3-1-2-4-13(12)10-27/h1-6,9,11H,7-8,10H2,(H,26,29)(H,23,24,25). The number of anilines is 2. The first-order valence-corrected chi connectivity index (χ1v) is 10.0. The van der Waals surface area contributed by atoms with Crippen molar-refractivity contribution in [3.63, 3.8) is 0 Å². The normalized spacial score (nSPS) is 12.8. The molecule has 4 rings (SSSR count). The largest absolute Gasteiger partial charge is 0.355 e. The molecule has 0 saturated carbocycles. The molecule has 1 amide bonds. The highest BCUT2D eigenvalue weighted by atomic mass is 35.5. The van der Waals surface area contributed by atoms with Crippen molar-refractivity contribution in [1.29, 1.82) is 0 Å². The number of benzene rings is 2. The third-order valence-electron chi connectivity index (χ3n) is 4.89. The smallest absolute Gasteiger partial charge is 0.346 e. The van der Waals surface area contributed by atoms with Crippen molar-refractivity contribution in [2.75, 3.05) is 16.9 Å². The van der Waals surface area contributed by atoms with E-state index in [4.69, 9.17) is 23.2 Å². The number of hydrogen-bond acceptors (Lipinski definition) is 7. The maximum atomic E-state index is 12.4. The van der Waals surface area contributed by atoms with Crippen molar-refractivity contribution >= 4 is 46.4 Å². The van der Waals surface area contributed by atoms with E-state index in [-0.39, 0.29) is 27.9 Å². The monoisotopic (exact) mass is 458 g/mol. The molecule has 0 atom stereocenters. The van der Waals surface area contributed by atoms with Gasteiger partial charge >= 0.3 is 5.69 Å². The van der Waals surface area contributed by atoms with Crippen molar-refractivity contribution < 1.29 is 9.72 Å². The van der Waals surface area contributed by atoms with E-state index in [1.54, 1.807) is 0 Å². The molecule has 31 heavy (non-hydrogen) atoms. The van der Waals surface area contributed by atoms with Gasteiger partial charge in [-0.15, -0.1) is 0 Å². The van der Waals surface area contributed by atoms with Gasteiger partial charge in [0.1, 0.15) is 6.33 Å². The summed E-state index contributed by atoms with van der Waals surface area (Å²) in [7, 11) is 0. The van der Waals surface area contributed by atoms with Crippen LogP contribution in [0.1, 0.15) is 21.5 Å². The van der Waals surface area contributed by atoms with Gasteiger partial charge in [0.25, 0.3) is 5.91 Å². The second kappa shape index (κ2) is 8.75. The SMILES string of the molecule is O=C(NNc1ncnc(N2CCc3ccccc3C2)c1[N+](=O)[O-])c1ccc(Cl)cc1Cl. The molecule has 11 heteroatoms. The number of aromatic nitrogens is 2. The molecule has 2 aromatic carbocycles. The zero-order valence-electron chi connectivity index (χ0n) is 16.0. The first-order chi connectivity index (χ1) is 14.9. The second-order valence-corrected chi connectivity index (χ2v) is 7.64. The first-order valence-electron chi connectivity index (χ1n) is 9.26. The Bertz CT molecular complexity index is 1170. The van der Waals surface area contributed by atoms with Crippen molar-refractivity contribution in [1.82, 2.24) is 15.4 Å². The van der Waals surface area contributed by atoms with Crippen LogP contribution in [0.2, 0.25) is 10.0 Å². The fourth-order valence-corrected chi connectivity index (χ4v) is 3.89. The van der Waals surface area contributed by atoms with Crippen LogP contribution in [0.3, 0.4) is 0 Å². The lowest BCUT2D eigenvalue weighted by Crippen LogP contribution is -2.33. The zero-order valence-corrected chi connectivity index (χ0v) is 17.5. The Balaban J connectivity index is 1.58. The second-order valence-electron chi connectivity index (χ2n) is 6.80. The van der Waals surface area contributed by atoms with Crippen LogP contribution in [-0.4, -0.2) is 27.3 Å². The van der Waals surface area contributed by atoms with Crippen LogP contribution in [0.25, 0.3) is 0 Å². The molecule has 0 bridgehead atoms. The average molecular weight is 459 g/mol. The maximum absolute atomic E-state index is 12.4. The Morgan fingerprint density at radius 1 is 1.13 bits per heavy atom. The highest BCUT2D eigenvalue weighted by Gasteiger charge is 2.29. The van der Waals surface area contributed by atoms with Crippen molar-refractivity contribution in [3.05, 3.63) is 85.6 Å². The van der Waals surface area contributed by atoms with Gasteiger partial charge in [0, 0.05) is 18.1 Å². The Labute approximate surface area is 187 Å². The molecule has 158 valence electrons. The molecule has 2 N–H and O–H groups in total. The van der Waals surface area contributed by atoms with Gasteiger partial charge in [0.15, 0.2) is 0 Å². The average Bonchev–Trinajstić information content (AvgIpc) is 2.76. The number of rotatable bonds is 5. The Hall–Kier alpha value is -3.43. The quantitative estimate of drug-likeness (QED) is 0.438. The van der Waals surface area contributed by atoms with Crippen LogP contribution in [0.4, 0.5) is 17.3 Å². The van der Waals surface area contributed by atoms with Crippen LogP contribution in [0.15, 0.2) is 48.8 Å². The summed E-state index contributed by atoms with van der Waals surface area (Å²) >= 11 is 11.9. The molecule has 0 unspecified atom stereocenters. The van der Waals surface area contributed by atoms with Gasteiger partial charge in [-0.1, -0.05) is 47.5 Å². The van der Waals surface area contributed by atoms with Gasteiger partial charge in [0.05, 0.1) is 15.5 Å². The fourth-order valence-electron chi connectivity index (χ4n) is 3.39. The van der Waals surface area contributed by atoms with Crippen LogP contribution in [-0.2, 0) is 13.0 Å². The molecule has 0 saturated heterocycles. The van der Waals surface area contributed by atoms with E-state index in [0.717, 1.165) is 12.0 Å². The van der Waals surface area contributed by atoms with Gasteiger partial charge in [0.2, 0.25) is 11.6 Å². The number of nitrogens with one attached hydrogen (secondary N) is 2. The summed E-state index contributed by atoms with van der Waals surface area (Å²) in [5.41, 5.74) is 7.03. The van der Waals surface area contributed by atoms with E-state index in [1.165, 1.54) is 30.1 Å². The molecule has 0 radical (unpaired) electrons. The van der Waals surface area contributed by atoms with Crippen LogP contribution in [0, 0.1) is 10.1 Å². The minimum Gasteiger partial charge on any atom is -0.346 e. The molecule has 1 aliphatic heterocycles. The predicted molar refractivity (Wildman–Crippen MR) is 117 cm³/mol. The predicted octanol–water partition coefficient (Wildman–Crippen LogP) is 4.01. The fraction of sp³-hybridized carbons (Fsp3) is 0.150. The Kier molecular flexibility index (Phi) is 5.88. The number of hydrazine groups is 1. The van der Waals surface area contributed by atoms with Gasteiger partial charge in [-0.3, -0.25) is 25.8 Å². The minimum absolute atomic E-state index is 0.132. The van der Waals surface area contributed by atoms with E-state index < -0.39 is 10.8 Å². The molecule has 0 spiro atoms. The summed E-state index contributed by atoms with van der Waals surface area (Å²) in [6, 6.07) is 12.3. The van der Waals surface area contributed by atoms with Crippen LogP contribution in [0.5, 0.6) is 0 Å². The first kappa shape index (κ1) is 20.8. The summed E-state index contributed by atoms with van der Waals surface area (Å²) in [6.07, 6.45) is 1.96. The topological polar surface area (TPSA) is 113 Å². The highest BCUT2D eigenvalue weighted by Crippen LogP contribution is 2.34. The highest BCUT2D eigenvalue weighted by molar-refractivity contribution is 6.36. The lowest BCUT2D eigenvalue weighted by molar-refractivity contribution is -0.383. The van der Waals surface area contributed by atoms with Crippen molar-refractivity contribution in [3.8, 4) is 0 Å². The van der Waals surface area contributed by atoms with E-state index in [9.17, 15) is 14.9 Å². The molecule has 2 heterocycles. The van der Waals surface area contributed by atoms with Crippen LogP contribution >= 0.6 is 23.2 Å². The van der Waals surface area contributed by atoms with Gasteiger partial charge < -0.3 is 4.90 Å². The summed E-state index contributed by atoms with van der Waals surface area (Å²) in [5.74, 6) is -0.550. The Morgan fingerprint density at radius 2 is 1.90 bits per heavy atom. The number of fused-ring (bicyclic) bond motifs is 1. The lowest BCUT2D eigenvalue weighted by Gasteiger charge is -2.29. The van der Waals surface area contributed by atoms with E-state index >= 15 is 0 Å². The third-order valence-corrected chi connectivity index (χ3v) is 5.43. The molecule has 1 aliphatic rings. The summed E-state index contributed by atoms with van der Waals surface area (Å²) in [6.45, 7) is 1.06. The molecule has 0 aliphatic carbocycles. The number of carbonyl (C=O) groups is 1. The van der Waals surface area contributed by atoms with E-state index in [1.807, 2.05) is 29.2 Å². The van der Waals surface area contributed by atoms with Crippen molar-refractivity contribution in [2.45, 2.75) is 13.0 Å². The summed E-state index contributed by atoms with van der Waals surface area (Å²) < 4.78 is 0. The number of halogens is 2. The molecular formula is C20H16Cl2N6O3. The summed E-state index contributed by atoms with van der Waals surface area (Å²) in [4.78, 5) is 33.6. The van der Waals surface area contributed by atoms with Crippen LogP contribution < -0.4 is 15.8 Å². The molecule has 0 fully saturated rings. The van der Waals surface area contributed by atoms with E-state index in [2.05, 4.69) is 20.8 Å². The van der Waals surface area contributed by atoms with E-state index in [0.29, 0.717) is 18.1 Å². The number of carbonyl (C=O) groups excluding carboxylic acids is 1. The zero-order chi connectivity index (χ0) is 22.0. The molecule has 3 aromatic rings. The number of nitro groups is 1. The van der Waals surface area contributed by atoms with Gasteiger partial charge in [-0.25, -0.2) is 9.97 Å². The number of nitrogens with zero attached hydrogens (tertiary/aromatic N) is 4. The van der Waals surface area contributed by atoms with Gasteiger partial charge in [-0.2, -0.15) is 0 Å².